The molecule has 0 saturated carbocycles. The maximum Gasteiger partial charge on any atom is 0.294 e. The van der Waals surface area contributed by atoms with Crippen LogP contribution in [0.5, 0.6) is 17.2 Å². The molecule has 0 spiro atoms. The van der Waals surface area contributed by atoms with Crippen LogP contribution in [-0.4, -0.2) is 41.7 Å². The molecule has 0 aliphatic carbocycles. The standard InChI is InChI=1S/C29H26BrClN2O6S/c1-3-37-21-11-9-20(10-12-21)32-26(34)16-33-28(35)25(40-29(33)36)15-18-13-22(30)27(24(14-18)38-4-2)39-17-19-7-5-6-8-23(19)31/h5-15H,3-4,16-17H2,1-2H3,(H,32,34)/b25-15+. The summed E-state index contributed by atoms with van der Waals surface area (Å²) >= 11 is 10.6. The van der Waals surface area contributed by atoms with Crippen LogP contribution in [0.15, 0.2) is 70.0 Å². The molecule has 0 radical (unpaired) electrons. The van der Waals surface area contributed by atoms with Gasteiger partial charge in [0.1, 0.15) is 18.9 Å². The number of hydrogen-bond acceptors (Lipinski definition) is 7. The number of imide groups is 1. The lowest BCUT2D eigenvalue weighted by Gasteiger charge is -2.15. The lowest BCUT2D eigenvalue weighted by Crippen LogP contribution is -2.36. The third-order valence-corrected chi connectivity index (χ3v) is 7.45. The van der Waals surface area contributed by atoms with Gasteiger partial charge in [0.05, 0.1) is 22.6 Å². The Labute approximate surface area is 249 Å². The molecule has 0 aromatic heterocycles. The first-order valence-corrected chi connectivity index (χ1v) is 14.4. The average molecular weight is 646 g/mol. The van der Waals surface area contributed by atoms with E-state index in [4.69, 9.17) is 25.8 Å². The Morgan fingerprint density at radius 2 is 1.75 bits per heavy atom. The maximum absolute atomic E-state index is 13.0. The van der Waals surface area contributed by atoms with E-state index in [1.165, 1.54) is 0 Å². The number of benzene rings is 3. The minimum atomic E-state index is -0.551. The first-order valence-electron chi connectivity index (χ1n) is 12.4. The van der Waals surface area contributed by atoms with Gasteiger partial charge in [0.25, 0.3) is 11.1 Å². The molecular weight excluding hydrogens is 620 g/mol. The van der Waals surface area contributed by atoms with E-state index in [9.17, 15) is 14.4 Å². The topological polar surface area (TPSA) is 94.2 Å². The van der Waals surface area contributed by atoms with Gasteiger partial charge in [-0.25, -0.2) is 0 Å². The number of amides is 3. The Bertz CT molecular complexity index is 1450. The Balaban J connectivity index is 1.46. The molecule has 1 heterocycles. The third kappa shape index (κ3) is 7.38. The number of halogens is 2. The molecule has 4 rings (SSSR count). The summed E-state index contributed by atoms with van der Waals surface area (Å²) in [5, 5.41) is 2.76. The molecule has 1 aliphatic heterocycles. The van der Waals surface area contributed by atoms with Crippen molar-refractivity contribution in [3.05, 3.63) is 86.2 Å². The van der Waals surface area contributed by atoms with Crippen molar-refractivity contribution < 1.29 is 28.6 Å². The summed E-state index contributed by atoms with van der Waals surface area (Å²) in [5.74, 6) is 0.581. The third-order valence-electron chi connectivity index (χ3n) is 5.58. The molecule has 8 nitrogen and oxygen atoms in total. The number of rotatable bonds is 11. The van der Waals surface area contributed by atoms with Gasteiger partial charge >= 0.3 is 0 Å². The molecule has 0 atom stereocenters. The van der Waals surface area contributed by atoms with Gasteiger partial charge in [0.15, 0.2) is 11.5 Å². The molecule has 0 bridgehead atoms. The lowest BCUT2D eigenvalue weighted by molar-refractivity contribution is -0.127. The molecule has 3 aromatic carbocycles. The first kappa shape index (κ1) is 29.5. The molecule has 1 fully saturated rings. The summed E-state index contributed by atoms with van der Waals surface area (Å²) in [5.41, 5.74) is 1.97. The normalized spacial score (nSPS) is 14.0. The van der Waals surface area contributed by atoms with E-state index in [0.717, 1.165) is 22.2 Å². The molecule has 40 heavy (non-hydrogen) atoms. The highest BCUT2D eigenvalue weighted by Gasteiger charge is 2.36. The Morgan fingerprint density at radius 3 is 2.45 bits per heavy atom. The number of ether oxygens (including phenoxy) is 3. The second kappa shape index (κ2) is 13.7. The van der Waals surface area contributed by atoms with Gasteiger partial charge in [-0.3, -0.25) is 19.3 Å². The first-order chi connectivity index (χ1) is 19.3. The van der Waals surface area contributed by atoms with Crippen molar-refractivity contribution in [2.45, 2.75) is 20.5 Å². The van der Waals surface area contributed by atoms with Crippen molar-refractivity contribution >= 4 is 68.1 Å². The van der Waals surface area contributed by atoms with Crippen LogP contribution < -0.4 is 19.5 Å². The predicted molar refractivity (Wildman–Crippen MR) is 160 cm³/mol. The average Bonchev–Trinajstić information content (AvgIpc) is 3.17. The van der Waals surface area contributed by atoms with Gasteiger partial charge in [0.2, 0.25) is 5.91 Å². The fourth-order valence-electron chi connectivity index (χ4n) is 3.77. The Hall–Kier alpha value is -3.47. The van der Waals surface area contributed by atoms with Crippen LogP contribution in [0.1, 0.15) is 25.0 Å². The van der Waals surface area contributed by atoms with E-state index in [1.54, 1.807) is 48.5 Å². The van der Waals surface area contributed by atoms with Crippen molar-refractivity contribution in [2.24, 2.45) is 0 Å². The maximum atomic E-state index is 13.0. The molecule has 1 N–H and O–H groups in total. The Morgan fingerprint density at radius 1 is 1.02 bits per heavy atom. The van der Waals surface area contributed by atoms with Gasteiger partial charge in [-0.1, -0.05) is 29.8 Å². The smallest absolute Gasteiger partial charge is 0.294 e. The fraction of sp³-hybridized carbons (Fsp3) is 0.207. The van der Waals surface area contributed by atoms with Crippen LogP contribution in [0.2, 0.25) is 5.02 Å². The van der Waals surface area contributed by atoms with Crippen LogP contribution in [0.25, 0.3) is 6.08 Å². The van der Waals surface area contributed by atoms with E-state index in [0.29, 0.717) is 51.2 Å². The van der Waals surface area contributed by atoms with Gasteiger partial charge < -0.3 is 19.5 Å². The number of thioether (sulfide) groups is 1. The minimum Gasteiger partial charge on any atom is -0.494 e. The molecule has 3 aromatic rings. The number of carbonyl (C=O) groups excluding carboxylic acids is 3. The number of nitrogens with zero attached hydrogens (tertiary/aromatic N) is 1. The molecule has 1 saturated heterocycles. The van der Waals surface area contributed by atoms with Gasteiger partial charge in [-0.05, 0) is 95.6 Å². The van der Waals surface area contributed by atoms with Crippen LogP contribution in [0.3, 0.4) is 0 Å². The second-order valence-corrected chi connectivity index (χ2v) is 10.7. The van der Waals surface area contributed by atoms with E-state index in [-0.39, 0.29) is 11.5 Å². The number of nitrogens with one attached hydrogen (secondary N) is 1. The van der Waals surface area contributed by atoms with Crippen molar-refractivity contribution in [1.82, 2.24) is 4.90 Å². The lowest BCUT2D eigenvalue weighted by atomic mass is 10.1. The summed E-state index contributed by atoms with van der Waals surface area (Å²) < 4.78 is 17.8. The number of carbonyl (C=O) groups is 3. The largest absolute Gasteiger partial charge is 0.494 e. The van der Waals surface area contributed by atoms with Gasteiger partial charge in [-0.15, -0.1) is 0 Å². The van der Waals surface area contributed by atoms with E-state index in [1.807, 2.05) is 32.0 Å². The van der Waals surface area contributed by atoms with Crippen molar-refractivity contribution in [2.75, 3.05) is 25.1 Å². The summed E-state index contributed by atoms with van der Waals surface area (Å²) in [7, 11) is 0. The molecule has 0 unspecified atom stereocenters. The fourth-order valence-corrected chi connectivity index (χ4v) is 5.38. The van der Waals surface area contributed by atoms with Crippen LogP contribution >= 0.6 is 39.3 Å². The highest BCUT2D eigenvalue weighted by atomic mass is 79.9. The summed E-state index contributed by atoms with van der Waals surface area (Å²) in [6, 6.07) is 17.7. The van der Waals surface area contributed by atoms with E-state index in [2.05, 4.69) is 21.2 Å². The molecule has 208 valence electrons. The SMILES string of the molecule is CCOc1ccc(NC(=O)CN2C(=O)S/C(=C/c3cc(Br)c(OCc4ccccc4Cl)c(OCC)c3)C2=O)cc1. The number of anilines is 1. The van der Waals surface area contributed by atoms with Crippen molar-refractivity contribution in [3.8, 4) is 17.2 Å². The highest BCUT2D eigenvalue weighted by Crippen LogP contribution is 2.40. The zero-order valence-corrected chi connectivity index (χ0v) is 24.9. The van der Waals surface area contributed by atoms with Crippen LogP contribution in [-0.2, 0) is 16.2 Å². The van der Waals surface area contributed by atoms with Crippen molar-refractivity contribution in [3.63, 3.8) is 0 Å². The molecular formula is C29H26BrClN2O6S. The molecule has 1 aliphatic rings. The quantitative estimate of drug-likeness (QED) is 0.221. The zero-order chi connectivity index (χ0) is 28.6. The second-order valence-electron chi connectivity index (χ2n) is 8.42. The van der Waals surface area contributed by atoms with E-state index < -0.39 is 23.6 Å². The summed E-state index contributed by atoms with van der Waals surface area (Å²) in [6.45, 7) is 4.47. The predicted octanol–water partition coefficient (Wildman–Crippen LogP) is 7.15. The van der Waals surface area contributed by atoms with Crippen molar-refractivity contribution in [1.29, 1.82) is 0 Å². The summed E-state index contributed by atoms with van der Waals surface area (Å²) in [4.78, 5) is 39.3. The van der Waals surface area contributed by atoms with E-state index >= 15 is 0 Å². The molecule has 11 heteroatoms. The van der Waals surface area contributed by atoms with Crippen LogP contribution in [0, 0.1) is 0 Å². The Kier molecular flexibility index (Phi) is 10.1. The monoisotopic (exact) mass is 644 g/mol. The zero-order valence-electron chi connectivity index (χ0n) is 21.7. The highest BCUT2D eigenvalue weighted by molar-refractivity contribution is 9.10. The summed E-state index contributed by atoms with van der Waals surface area (Å²) in [6.07, 6.45) is 1.58. The van der Waals surface area contributed by atoms with Gasteiger partial charge in [0, 0.05) is 16.3 Å². The number of hydrogen-bond donors (Lipinski definition) is 1. The van der Waals surface area contributed by atoms with Gasteiger partial charge in [-0.2, -0.15) is 0 Å². The minimum absolute atomic E-state index is 0.193. The van der Waals surface area contributed by atoms with Crippen LogP contribution in [0.4, 0.5) is 10.5 Å². The molecule has 3 amide bonds.